The molecule has 0 spiro atoms. The van der Waals surface area contributed by atoms with Gasteiger partial charge in [0.2, 0.25) is 5.91 Å². The zero-order chi connectivity index (χ0) is 16.9. The standard InChI is InChI=1S/C17H25N3O3/c1-17(2,18)12-20-10-6-9-14(20)16(22)19-15(21)11-23-13-7-4-3-5-8-13/h3-5,7-8,14H,6,9-12,18H2,1-2H3,(H,19,21,22)/t14-/m0/s1. The molecule has 2 amide bonds. The van der Waals surface area contributed by atoms with Gasteiger partial charge in [-0.2, -0.15) is 0 Å². The zero-order valence-electron chi connectivity index (χ0n) is 13.7. The maximum atomic E-state index is 12.3. The highest BCUT2D eigenvalue weighted by Crippen LogP contribution is 2.19. The Balaban J connectivity index is 1.82. The molecule has 1 saturated heterocycles. The Morgan fingerprint density at radius 1 is 1.35 bits per heavy atom. The van der Waals surface area contributed by atoms with Crippen molar-refractivity contribution in [2.75, 3.05) is 19.7 Å². The third kappa shape index (κ3) is 5.65. The van der Waals surface area contributed by atoms with Crippen molar-refractivity contribution in [3.63, 3.8) is 0 Å². The average Bonchev–Trinajstić information content (AvgIpc) is 2.92. The van der Waals surface area contributed by atoms with Crippen molar-refractivity contribution in [2.24, 2.45) is 5.73 Å². The first kappa shape index (κ1) is 17.4. The normalized spacial score (nSPS) is 18.7. The summed E-state index contributed by atoms with van der Waals surface area (Å²) in [7, 11) is 0. The van der Waals surface area contributed by atoms with Crippen LogP contribution in [0.2, 0.25) is 0 Å². The minimum absolute atomic E-state index is 0.176. The lowest BCUT2D eigenvalue weighted by atomic mass is 10.1. The third-order valence-corrected chi connectivity index (χ3v) is 3.65. The molecule has 1 aliphatic rings. The Morgan fingerprint density at radius 2 is 2.04 bits per heavy atom. The van der Waals surface area contributed by atoms with Gasteiger partial charge in [-0.25, -0.2) is 0 Å². The lowest BCUT2D eigenvalue weighted by molar-refractivity contribution is -0.134. The van der Waals surface area contributed by atoms with Crippen molar-refractivity contribution in [3.8, 4) is 5.75 Å². The monoisotopic (exact) mass is 319 g/mol. The first-order valence-corrected chi connectivity index (χ1v) is 7.90. The van der Waals surface area contributed by atoms with Crippen LogP contribution in [0.1, 0.15) is 26.7 Å². The number of imide groups is 1. The van der Waals surface area contributed by atoms with Crippen LogP contribution in [0.5, 0.6) is 5.75 Å². The number of nitrogens with one attached hydrogen (secondary N) is 1. The molecular weight excluding hydrogens is 294 g/mol. The predicted octanol–water partition coefficient (Wildman–Crippen LogP) is 0.910. The van der Waals surface area contributed by atoms with Crippen LogP contribution in [0.25, 0.3) is 0 Å². The smallest absolute Gasteiger partial charge is 0.264 e. The van der Waals surface area contributed by atoms with E-state index in [9.17, 15) is 9.59 Å². The van der Waals surface area contributed by atoms with E-state index in [1.165, 1.54) is 0 Å². The number of benzene rings is 1. The predicted molar refractivity (Wildman–Crippen MR) is 87.9 cm³/mol. The molecule has 3 N–H and O–H groups in total. The minimum atomic E-state index is -0.433. The number of nitrogens with zero attached hydrogens (tertiary/aromatic N) is 1. The maximum absolute atomic E-state index is 12.3. The van der Waals surface area contributed by atoms with Gasteiger partial charge in [-0.15, -0.1) is 0 Å². The molecule has 6 heteroatoms. The molecule has 0 aromatic heterocycles. The van der Waals surface area contributed by atoms with Crippen LogP contribution in [-0.2, 0) is 9.59 Å². The molecule has 1 heterocycles. The summed E-state index contributed by atoms with van der Waals surface area (Å²) in [6, 6.07) is 8.74. The van der Waals surface area contributed by atoms with Gasteiger partial charge in [-0.1, -0.05) is 18.2 Å². The van der Waals surface area contributed by atoms with Gasteiger partial charge in [0.25, 0.3) is 5.91 Å². The highest BCUT2D eigenvalue weighted by atomic mass is 16.5. The van der Waals surface area contributed by atoms with E-state index in [0.29, 0.717) is 12.3 Å². The van der Waals surface area contributed by atoms with Crippen LogP contribution < -0.4 is 15.8 Å². The Hall–Kier alpha value is -1.92. The summed E-state index contributed by atoms with van der Waals surface area (Å²) in [5.41, 5.74) is 5.66. The van der Waals surface area contributed by atoms with Crippen LogP contribution in [0.4, 0.5) is 0 Å². The largest absolute Gasteiger partial charge is 0.484 e. The second kappa shape index (κ2) is 7.57. The van der Waals surface area contributed by atoms with E-state index in [1.807, 2.05) is 36.9 Å². The van der Waals surface area contributed by atoms with Crippen molar-refractivity contribution < 1.29 is 14.3 Å². The summed E-state index contributed by atoms with van der Waals surface area (Å²) in [6.45, 7) is 5.14. The summed E-state index contributed by atoms with van der Waals surface area (Å²) >= 11 is 0. The van der Waals surface area contributed by atoms with Gasteiger partial charge in [0.15, 0.2) is 6.61 Å². The molecule has 6 nitrogen and oxygen atoms in total. The topological polar surface area (TPSA) is 84.7 Å². The highest BCUT2D eigenvalue weighted by molar-refractivity contribution is 5.98. The Bertz CT molecular complexity index is 540. The fourth-order valence-corrected chi connectivity index (χ4v) is 2.76. The lowest BCUT2D eigenvalue weighted by Gasteiger charge is -2.30. The molecule has 1 aromatic carbocycles. The number of hydrogen-bond donors (Lipinski definition) is 2. The second-order valence-electron chi connectivity index (χ2n) is 6.63. The molecule has 0 aliphatic carbocycles. The zero-order valence-corrected chi connectivity index (χ0v) is 13.7. The third-order valence-electron chi connectivity index (χ3n) is 3.65. The average molecular weight is 319 g/mol. The maximum Gasteiger partial charge on any atom is 0.264 e. The van der Waals surface area contributed by atoms with E-state index in [0.717, 1.165) is 19.4 Å². The molecule has 0 bridgehead atoms. The van der Waals surface area contributed by atoms with Gasteiger partial charge in [-0.05, 0) is 45.4 Å². The van der Waals surface area contributed by atoms with Crippen LogP contribution in [0.3, 0.4) is 0 Å². The van der Waals surface area contributed by atoms with Crippen molar-refractivity contribution >= 4 is 11.8 Å². The van der Waals surface area contributed by atoms with Gasteiger partial charge in [0.05, 0.1) is 6.04 Å². The molecule has 0 unspecified atom stereocenters. The number of amides is 2. The molecule has 2 rings (SSSR count). The van der Waals surface area contributed by atoms with Crippen molar-refractivity contribution in [2.45, 2.75) is 38.3 Å². The van der Waals surface area contributed by atoms with Gasteiger partial charge in [0, 0.05) is 12.1 Å². The Kier molecular flexibility index (Phi) is 5.74. The first-order chi connectivity index (χ1) is 10.8. The summed E-state index contributed by atoms with van der Waals surface area (Å²) in [5, 5.41) is 2.42. The van der Waals surface area contributed by atoms with Crippen LogP contribution in [0, 0.1) is 0 Å². The van der Waals surface area contributed by atoms with Gasteiger partial charge >= 0.3 is 0 Å². The van der Waals surface area contributed by atoms with Crippen molar-refractivity contribution in [1.82, 2.24) is 10.2 Å². The highest BCUT2D eigenvalue weighted by Gasteiger charge is 2.33. The van der Waals surface area contributed by atoms with E-state index < -0.39 is 5.91 Å². The molecule has 23 heavy (non-hydrogen) atoms. The van der Waals surface area contributed by atoms with Crippen LogP contribution in [0.15, 0.2) is 30.3 Å². The molecule has 1 atom stereocenters. The number of carbonyl (C=O) groups excluding carboxylic acids is 2. The van der Waals surface area contributed by atoms with E-state index in [2.05, 4.69) is 5.32 Å². The SMILES string of the molecule is CC(C)(N)CN1CCC[C@H]1C(=O)NC(=O)COc1ccccc1. The van der Waals surface area contributed by atoms with E-state index >= 15 is 0 Å². The molecule has 1 aliphatic heterocycles. The summed E-state index contributed by atoms with van der Waals surface area (Å²) in [6.07, 6.45) is 1.68. The molecule has 1 fully saturated rings. The Morgan fingerprint density at radius 3 is 2.70 bits per heavy atom. The number of likely N-dealkylation sites (tertiary alicyclic amines) is 1. The fraction of sp³-hybridized carbons (Fsp3) is 0.529. The number of hydrogen-bond acceptors (Lipinski definition) is 5. The molecule has 0 saturated carbocycles. The van der Waals surface area contributed by atoms with Gasteiger partial charge in [-0.3, -0.25) is 19.8 Å². The van der Waals surface area contributed by atoms with Gasteiger partial charge < -0.3 is 10.5 Å². The fourth-order valence-electron chi connectivity index (χ4n) is 2.76. The summed E-state index contributed by atoms with van der Waals surface area (Å²) in [4.78, 5) is 26.2. The molecule has 126 valence electrons. The van der Waals surface area contributed by atoms with Crippen molar-refractivity contribution in [1.29, 1.82) is 0 Å². The van der Waals surface area contributed by atoms with Crippen LogP contribution >= 0.6 is 0 Å². The van der Waals surface area contributed by atoms with Gasteiger partial charge in [0.1, 0.15) is 5.75 Å². The number of nitrogens with two attached hydrogens (primary N) is 1. The lowest BCUT2D eigenvalue weighted by Crippen LogP contribution is -2.52. The quantitative estimate of drug-likeness (QED) is 0.814. The second-order valence-corrected chi connectivity index (χ2v) is 6.63. The molecular formula is C17H25N3O3. The van der Waals surface area contributed by atoms with E-state index in [1.54, 1.807) is 12.1 Å². The first-order valence-electron chi connectivity index (χ1n) is 7.90. The molecule has 1 aromatic rings. The number of rotatable bonds is 6. The number of carbonyl (C=O) groups is 2. The van der Waals surface area contributed by atoms with Crippen molar-refractivity contribution in [3.05, 3.63) is 30.3 Å². The summed E-state index contributed by atoms with van der Waals surface area (Å²) in [5.74, 6) is -0.103. The van der Waals surface area contributed by atoms with Crippen LogP contribution in [-0.4, -0.2) is 48.0 Å². The van der Waals surface area contributed by atoms with E-state index in [4.69, 9.17) is 10.5 Å². The number of ether oxygens (including phenoxy) is 1. The number of para-hydroxylation sites is 1. The van der Waals surface area contributed by atoms with E-state index in [-0.39, 0.29) is 24.1 Å². The minimum Gasteiger partial charge on any atom is -0.484 e. The summed E-state index contributed by atoms with van der Waals surface area (Å²) < 4.78 is 5.34. The molecule has 0 radical (unpaired) electrons. The Labute approximate surface area is 137 Å².